The number of methoxy groups -OCH3 is 4. The lowest BCUT2D eigenvalue weighted by Gasteiger charge is -2.42. The number of rotatable bonds is 14. The standard InChI is InChI=1S/C42H50N2O8/c1-28(41(47,30-18-8-12-22-34(30)49-3)31-19-9-13-23-35(31)50-4)43-38(45)40(26-16-7-17-27-40)39(46)44-29(2)42(48,32-20-10-14-24-36(32)51-5)33-21-11-15-25-37(33)52-6/h8-15,18-25,28-29,47-48H,7,16-17,26-27H2,1-6H3,(H,43,45)(H,44,46)/t28-,29-/m1/s1. The molecule has 0 radical (unpaired) electrons. The van der Waals surface area contributed by atoms with Gasteiger partial charge < -0.3 is 39.8 Å². The van der Waals surface area contributed by atoms with Gasteiger partial charge in [0.2, 0.25) is 11.8 Å². The summed E-state index contributed by atoms with van der Waals surface area (Å²) in [5.74, 6) is 0.633. The Balaban J connectivity index is 1.55. The Hall–Kier alpha value is -5.06. The molecule has 4 N–H and O–H groups in total. The highest BCUT2D eigenvalue weighted by Crippen LogP contribution is 2.45. The zero-order chi connectivity index (χ0) is 37.5. The van der Waals surface area contributed by atoms with Crippen molar-refractivity contribution in [3.05, 3.63) is 119 Å². The van der Waals surface area contributed by atoms with Crippen LogP contribution in [0.2, 0.25) is 0 Å². The molecule has 0 spiro atoms. The van der Waals surface area contributed by atoms with Crippen molar-refractivity contribution >= 4 is 11.8 Å². The lowest BCUT2D eigenvalue weighted by atomic mass is 9.71. The molecule has 4 aromatic rings. The first-order valence-electron chi connectivity index (χ1n) is 17.6. The van der Waals surface area contributed by atoms with Gasteiger partial charge >= 0.3 is 0 Å². The van der Waals surface area contributed by atoms with Gasteiger partial charge in [0.15, 0.2) is 0 Å². The molecule has 52 heavy (non-hydrogen) atoms. The highest BCUT2D eigenvalue weighted by atomic mass is 16.5. The smallest absolute Gasteiger partial charge is 0.236 e. The van der Waals surface area contributed by atoms with E-state index in [0.717, 1.165) is 6.42 Å². The molecule has 276 valence electrons. The topological polar surface area (TPSA) is 136 Å². The van der Waals surface area contributed by atoms with Crippen LogP contribution in [0, 0.1) is 5.41 Å². The molecule has 10 heteroatoms. The van der Waals surface area contributed by atoms with Crippen LogP contribution in [-0.2, 0) is 20.8 Å². The van der Waals surface area contributed by atoms with E-state index in [0.29, 0.717) is 58.1 Å². The number of hydrogen-bond acceptors (Lipinski definition) is 8. The summed E-state index contributed by atoms with van der Waals surface area (Å²) in [6.07, 6.45) is 2.74. The van der Waals surface area contributed by atoms with Crippen molar-refractivity contribution < 1.29 is 38.7 Å². The molecule has 1 aliphatic carbocycles. The molecule has 0 saturated heterocycles. The van der Waals surface area contributed by atoms with E-state index in [1.807, 2.05) is 0 Å². The van der Waals surface area contributed by atoms with E-state index in [4.69, 9.17) is 18.9 Å². The van der Waals surface area contributed by atoms with Crippen LogP contribution < -0.4 is 29.6 Å². The molecule has 2 amide bonds. The monoisotopic (exact) mass is 710 g/mol. The van der Waals surface area contributed by atoms with E-state index in [2.05, 4.69) is 10.6 Å². The third kappa shape index (κ3) is 6.80. The molecule has 2 atom stereocenters. The zero-order valence-corrected chi connectivity index (χ0v) is 30.8. The van der Waals surface area contributed by atoms with Crippen molar-refractivity contribution in [1.82, 2.24) is 10.6 Å². The van der Waals surface area contributed by atoms with Crippen molar-refractivity contribution in [2.24, 2.45) is 5.41 Å². The van der Waals surface area contributed by atoms with E-state index >= 15 is 0 Å². The third-order valence-corrected chi connectivity index (χ3v) is 10.6. The molecule has 1 aliphatic rings. The van der Waals surface area contributed by atoms with Gasteiger partial charge in [-0.2, -0.15) is 0 Å². The fourth-order valence-electron chi connectivity index (χ4n) is 7.65. The molecule has 1 saturated carbocycles. The summed E-state index contributed by atoms with van der Waals surface area (Å²) in [6, 6.07) is 26.4. The summed E-state index contributed by atoms with van der Waals surface area (Å²) >= 11 is 0. The molecule has 0 aliphatic heterocycles. The maximum absolute atomic E-state index is 14.7. The molecule has 0 bridgehead atoms. The Bertz CT molecular complexity index is 1630. The third-order valence-electron chi connectivity index (χ3n) is 10.6. The highest BCUT2D eigenvalue weighted by Gasteiger charge is 2.52. The zero-order valence-electron chi connectivity index (χ0n) is 30.8. The normalized spacial score (nSPS) is 15.5. The molecule has 0 heterocycles. The van der Waals surface area contributed by atoms with Crippen LogP contribution in [0.15, 0.2) is 97.1 Å². The average Bonchev–Trinajstić information content (AvgIpc) is 3.20. The maximum Gasteiger partial charge on any atom is 0.236 e. The summed E-state index contributed by atoms with van der Waals surface area (Å²) in [4.78, 5) is 29.4. The minimum Gasteiger partial charge on any atom is -0.496 e. The number of ether oxygens (including phenoxy) is 4. The van der Waals surface area contributed by atoms with Crippen molar-refractivity contribution in [3.8, 4) is 23.0 Å². The Morgan fingerprint density at radius 2 is 0.808 bits per heavy atom. The number of benzene rings is 4. The van der Waals surface area contributed by atoms with Gasteiger partial charge in [-0.15, -0.1) is 0 Å². The SMILES string of the molecule is COc1ccccc1C(O)(c1ccccc1OC)[C@@H](C)NC(=O)C1(C(=O)N[C@H](C)C(O)(c2ccccc2OC)c2ccccc2OC)CCCCC1. The summed E-state index contributed by atoms with van der Waals surface area (Å²) in [5, 5.41) is 31.7. The van der Waals surface area contributed by atoms with Gasteiger partial charge in [-0.05, 0) is 51.0 Å². The van der Waals surface area contributed by atoms with Gasteiger partial charge in [0.1, 0.15) is 39.6 Å². The summed E-state index contributed by atoms with van der Waals surface area (Å²) in [5.41, 5.74) is -3.47. The molecule has 4 aromatic carbocycles. The van der Waals surface area contributed by atoms with Gasteiger partial charge in [0, 0.05) is 22.3 Å². The lowest BCUT2D eigenvalue weighted by molar-refractivity contribution is -0.148. The first-order valence-corrected chi connectivity index (χ1v) is 17.6. The van der Waals surface area contributed by atoms with Gasteiger partial charge in [-0.3, -0.25) is 9.59 Å². The molecule has 10 nitrogen and oxygen atoms in total. The predicted octanol–water partition coefficient (Wildman–Crippen LogP) is 5.85. The van der Waals surface area contributed by atoms with Crippen LogP contribution in [0.3, 0.4) is 0 Å². The van der Waals surface area contributed by atoms with Crippen LogP contribution in [0.1, 0.15) is 68.2 Å². The van der Waals surface area contributed by atoms with Crippen molar-refractivity contribution in [1.29, 1.82) is 0 Å². The van der Waals surface area contributed by atoms with Gasteiger partial charge in [-0.1, -0.05) is 92.1 Å². The molecular weight excluding hydrogens is 660 g/mol. The van der Waals surface area contributed by atoms with E-state index < -0.39 is 40.5 Å². The van der Waals surface area contributed by atoms with E-state index in [1.165, 1.54) is 28.4 Å². The fourth-order valence-corrected chi connectivity index (χ4v) is 7.65. The summed E-state index contributed by atoms with van der Waals surface area (Å²) in [7, 11) is 6.07. The van der Waals surface area contributed by atoms with Gasteiger partial charge in [0.25, 0.3) is 0 Å². The van der Waals surface area contributed by atoms with Crippen LogP contribution in [0.25, 0.3) is 0 Å². The second-order valence-corrected chi connectivity index (χ2v) is 13.4. The predicted molar refractivity (Wildman–Crippen MR) is 199 cm³/mol. The van der Waals surface area contributed by atoms with E-state index in [9.17, 15) is 19.8 Å². The van der Waals surface area contributed by atoms with Crippen LogP contribution in [0.5, 0.6) is 23.0 Å². The molecule has 1 fully saturated rings. The first-order chi connectivity index (χ1) is 25.0. The molecule has 0 aromatic heterocycles. The quantitative estimate of drug-likeness (QED) is 0.120. The summed E-state index contributed by atoms with van der Waals surface area (Å²) < 4.78 is 22.7. The fraction of sp³-hybridized carbons (Fsp3) is 0.381. The van der Waals surface area contributed by atoms with Crippen molar-refractivity contribution in [2.45, 2.75) is 69.2 Å². The lowest BCUT2D eigenvalue weighted by Crippen LogP contribution is -2.60. The number of amides is 2. The Morgan fingerprint density at radius 3 is 1.08 bits per heavy atom. The summed E-state index contributed by atoms with van der Waals surface area (Å²) in [6.45, 7) is 3.41. The van der Waals surface area contributed by atoms with Crippen LogP contribution in [-0.4, -0.2) is 62.6 Å². The second kappa shape index (κ2) is 16.1. The Kier molecular flexibility index (Phi) is 11.8. The molecule has 5 rings (SSSR count). The van der Waals surface area contributed by atoms with Crippen molar-refractivity contribution in [2.75, 3.05) is 28.4 Å². The Morgan fingerprint density at radius 1 is 0.538 bits per heavy atom. The largest absolute Gasteiger partial charge is 0.496 e. The second-order valence-electron chi connectivity index (χ2n) is 13.4. The number of carbonyl (C=O) groups is 2. The number of aliphatic hydroxyl groups is 2. The van der Waals surface area contributed by atoms with E-state index in [-0.39, 0.29) is 12.8 Å². The number of para-hydroxylation sites is 4. The molecular formula is C42H50N2O8. The minimum atomic E-state index is -1.83. The average molecular weight is 711 g/mol. The van der Waals surface area contributed by atoms with Crippen LogP contribution >= 0.6 is 0 Å². The van der Waals surface area contributed by atoms with Gasteiger partial charge in [0.05, 0.1) is 40.5 Å². The molecule has 0 unspecified atom stereocenters. The van der Waals surface area contributed by atoms with Gasteiger partial charge in [-0.25, -0.2) is 0 Å². The Labute approximate surface area is 306 Å². The number of carbonyl (C=O) groups excluding carboxylic acids is 2. The van der Waals surface area contributed by atoms with E-state index in [1.54, 1.807) is 111 Å². The van der Waals surface area contributed by atoms with Crippen molar-refractivity contribution in [3.63, 3.8) is 0 Å². The number of hydrogen-bond donors (Lipinski definition) is 4. The van der Waals surface area contributed by atoms with Crippen LogP contribution in [0.4, 0.5) is 0 Å². The maximum atomic E-state index is 14.7. The highest BCUT2D eigenvalue weighted by molar-refractivity contribution is 6.05. The minimum absolute atomic E-state index is 0.285. The first kappa shape index (κ1) is 38.2. The number of nitrogens with one attached hydrogen (secondary N) is 2.